The normalized spacial score (nSPS) is 10.6. The molecule has 0 saturated heterocycles. The first-order valence-corrected chi connectivity index (χ1v) is 10.8. The van der Waals surface area contributed by atoms with Gasteiger partial charge in [0.15, 0.2) is 0 Å². The van der Waals surface area contributed by atoms with Gasteiger partial charge in [0.1, 0.15) is 10.6 Å². The monoisotopic (exact) mass is 506 g/mol. The van der Waals surface area contributed by atoms with Gasteiger partial charge in [-0.2, -0.15) is 13.1 Å². The summed E-state index contributed by atoms with van der Waals surface area (Å²) in [5, 5.41) is 40.4. The van der Waals surface area contributed by atoms with Crippen LogP contribution in [0, 0.1) is 34.1 Å². The molecule has 0 atom stereocenters. The van der Waals surface area contributed by atoms with Crippen molar-refractivity contribution in [3.05, 3.63) is 79.6 Å². The maximum absolute atomic E-state index is 12.1. The van der Waals surface area contributed by atoms with E-state index >= 15 is 0 Å². The number of nitro benzene ring substituents is 2. The molecule has 0 aliphatic heterocycles. The van der Waals surface area contributed by atoms with Crippen LogP contribution in [0.25, 0.3) is 0 Å². The summed E-state index contributed by atoms with van der Waals surface area (Å²) in [6.45, 7) is 3.62. The number of non-ortho nitro benzene ring substituents is 1. The second-order valence-electron chi connectivity index (χ2n) is 6.89. The largest absolute Gasteiger partial charge is 0.867 e. The molecule has 35 heavy (non-hydrogen) atoms. The summed E-state index contributed by atoms with van der Waals surface area (Å²) in [6.07, 6.45) is 0. The van der Waals surface area contributed by atoms with Crippen molar-refractivity contribution in [2.75, 3.05) is 10.5 Å². The Morgan fingerprint density at radius 2 is 1.69 bits per heavy atom. The van der Waals surface area contributed by atoms with Crippen molar-refractivity contribution in [2.45, 2.75) is 18.7 Å². The molecule has 3 aromatic rings. The lowest BCUT2D eigenvalue weighted by Crippen LogP contribution is -2.23. The quantitative estimate of drug-likeness (QED) is 0.243. The average Bonchev–Trinajstić information content (AvgIpc) is 2.73. The fourth-order valence-electron chi connectivity index (χ4n) is 2.65. The van der Waals surface area contributed by atoms with Gasteiger partial charge in [0, 0.05) is 17.8 Å². The number of nitro groups is 2. The van der Waals surface area contributed by atoms with E-state index in [4.69, 9.17) is 10.8 Å². The molecule has 0 radical (unpaired) electrons. The lowest BCUT2D eigenvalue weighted by Gasteiger charge is -2.09. The van der Waals surface area contributed by atoms with Gasteiger partial charge in [-0.15, -0.1) is 0 Å². The average molecular weight is 506 g/mol. The third-order valence-corrected chi connectivity index (χ3v) is 5.50. The number of H-pyrrole nitrogens is 1. The van der Waals surface area contributed by atoms with E-state index in [0.717, 1.165) is 11.4 Å². The molecule has 5 N–H and O–H groups in total. The van der Waals surface area contributed by atoms with Crippen LogP contribution >= 0.6 is 0 Å². The summed E-state index contributed by atoms with van der Waals surface area (Å²) in [5.41, 5.74) is 4.64. The second-order valence-corrected chi connectivity index (χ2v) is 8.57. The van der Waals surface area contributed by atoms with E-state index in [0.29, 0.717) is 17.8 Å². The molecule has 0 aliphatic carbocycles. The van der Waals surface area contributed by atoms with Crippen LogP contribution in [-0.2, 0) is 10.0 Å². The van der Waals surface area contributed by atoms with E-state index < -0.39 is 48.5 Å². The SMILES string of the molecule is Cc1cc(C)[nH+]c(NS(=O)(=O)c2ccc(N)cc2)n1.O=C(O)c1cc([N+](=O)[O-])cc([N+](=O)[O-])c1[O-]. The number of carboxylic acids is 1. The van der Waals surface area contributed by atoms with Crippen LogP contribution in [0.4, 0.5) is 23.0 Å². The Morgan fingerprint density at radius 3 is 2.17 bits per heavy atom. The molecule has 2 aromatic carbocycles. The van der Waals surface area contributed by atoms with Crippen LogP contribution in [0.15, 0.2) is 47.4 Å². The molecule has 16 heteroatoms. The number of aryl methyl sites for hydroxylation is 2. The number of carbonyl (C=O) groups is 1. The maximum atomic E-state index is 12.1. The highest BCUT2D eigenvalue weighted by molar-refractivity contribution is 7.92. The molecule has 1 aromatic heterocycles. The number of rotatable bonds is 6. The summed E-state index contributed by atoms with van der Waals surface area (Å²) < 4.78 is 26.6. The van der Waals surface area contributed by atoms with Gasteiger partial charge in [0.25, 0.3) is 11.4 Å². The minimum Gasteiger partial charge on any atom is -0.867 e. The van der Waals surface area contributed by atoms with E-state index in [1.807, 2.05) is 13.0 Å². The first-order valence-electron chi connectivity index (χ1n) is 9.34. The zero-order chi connectivity index (χ0) is 26.5. The number of sulfonamides is 1. The minimum absolute atomic E-state index is 0.135. The number of carboxylic acid groups (broad SMARTS) is 1. The number of nitrogens with one attached hydrogen (secondary N) is 2. The zero-order valence-electron chi connectivity index (χ0n) is 18.1. The fourth-order valence-corrected chi connectivity index (χ4v) is 3.62. The van der Waals surface area contributed by atoms with Gasteiger partial charge < -0.3 is 15.9 Å². The number of anilines is 2. The summed E-state index contributed by atoms with van der Waals surface area (Å²) in [6, 6.07) is 8.69. The molecule has 184 valence electrons. The third kappa shape index (κ3) is 6.81. The second kappa shape index (κ2) is 10.4. The van der Waals surface area contributed by atoms with Gasteiger partial charge in [-0.3, -0.25) is 20.2 Å². The summed E-state index contributed by atoms with van der Waals surface area (Å²) in [4.78, 5) is 36.1. The van der Waals surface area contributed by atoms with Crippen LogP contribution in [0.3, 0.4) is 0 Å². The van der Waals surface area contributed by atoms with E-state index in [-0.39, 0.29) is 10.8 Å². The van der Waals surface area contributed by atoms with Crippen LogP contribution in [-0.4, -0.2) is 34.3 Å². The zero-order valence-corrected chi connectivity index (χ0v) is 18.9. The first-order chi connectivity index (χ1) is 16.2. The Bertz CT molecular complexity index is 1350. The Balaban J connectivity index is 0.000000251. The van der Waals surface area contributed by atoms with Crippen molar-refractivity contribution >= 4 is 39.0 Å². The highest BCUT2D eigenvalue weighted by atomic mass is 32.2. The topological polar surface area (TPSA) is 246 Å². The van der Waals surface area contributed by atoms with Gasteiger partial charge in [-0.05, 0) is 43.9 Å². The van der Waals surface area contributed by atoms with E-state index in [1.54, 1.807) is 6.92 Å². The number of aromatic carboxylic acids is 1. The van der Waals surface area contributed by atoms with Gasteiger partial charge in [0.2, 0.25) is 0 Å². The van der Waals surface area contributed by atoms with Crippen molar-refractivity contribution in [1.82, 2.24) is 4.98 Å². The van der Waals surface area contributed by atoms with Crippen LogP contribution in [0.2, 0.25) is 0 Å². The predicted molar refractivity (Wildman–Crippen MR) is 118 cm³/mol. The van der Waals surface area contributed by atoms with Gasteiger partial charge >= 0.3 is 21.9 Å². The smallest absolute Gasteiger partial charge is 0.404 e. The van der Waals surface area contributed by atoms with Crippen LogP contribution in [0.5, 0.6) is 5.75 Å². The molecular weight excluding hydrogens is 488 g/mol. The van der Waals surface area contributed by atoms with Crippen molar-refractivity contribution in [3.63, 3.8) is 0 Å². The van der Waals surface area contributed by atoms with Gasteiger partial charge in [-0.1, -0.05) is 4.98 Å². The standard InChI is InChI=1S/C12H14N4O2S.C7H4N2O7/c1-8-7-9(2)15-12(14-8)16-19(17,18)11-5-3-10(13)4-6-11;10-6-4(7(11)12)1-3(8(13)14)2-5(6)9(15)16/h3-7H,13H2,1-2H3,(H,14,15,16);1-2,10H,(H,11,12). The number of hydrogen-bond donors (Lipinski definition) is 3. The molecule has 15 nitrogen and oxygen atoms in total. The number of aromatic amines is 1. The molecule has 0 amide bonds. The lowest BCUT2D eigenvalue weighted by molar-refractivity contribution is -0.403. The third-order valence-electron chi connectivity index (χ3n) is 4.14. The molecule has 3 rings (SSSR count). The van der Waals surface area contributed by atoms with Crippen molar-refractivity contribution in [1.29, 1.82) is 0 Å². The van der Waals surface area contributed by atoms with Crippen LogP contribution in [0.1, 0.15) is 21.7 Å². The molecule has 0 spiro atoms. The van der Waals surface area contributed by atoms with Crippen molar-refractivity contribution < 1.29 is 38.3 Å². The lowest BCUT2D eigenvalue weighted by atomic mass is 10.1. The number of hydrogen-bond acceptors (Lipinski definition) is 10. The number of nitrogens with two attached hydrogens (primary N) is 1. The Hall–Kier alpha value is -4.86. The van der Waals surface area contributed by atoms with E-state index in [9.17, 15) is 38.5 Å². The molecule has 0 bridgehead atoms. The summed E-state index contributed by atoms with van der Waals surface area (Å²) in [5.74, 6) is -2.92. The van der Waals surface area contributed by atoms with Gasteiger partial charge in [-0.25, -0.2) is 9.78 Å². The molecule has 0 aliphatic rings. The fraction of sp³-hybridized carbons (Fsp3) is 0.105. The van der Waals surface area contributed by atoms with Crippen LogP contribution < -0.4 is 20.5 Å². The summed E-state index contributed by atoms with van der Waals surface area (Å²) in [7, 11) is -3.66. The van der Waals surface area contributed by atoms with Crippen molar-refractivity contribution in [2.24, 2.45) is 0 Å². The first kappa shape index (κ1) is 26.4. The predicted octanol–water partition coefficient (Wildman–Crippen LogP) is 1.17. The minimum atomic E-state index is -3.66. The van der Waals surface area contributed by atoms with Gasteiger partial charge in [0.05, 0.1) is 27.2 Å². The Morgan fingerprint density at radius 1 is 1.09 bits per heavy atom. The molecule has 0 unspecified atom stereocenters. The Kier molecular flexibility index (Phi) is 7.83. The van der Waals surface area contributed by atoms with E-state index in [2.05, 4.69) is 14.7 Å². The number of benzene rings is 2. The molecule has 1 heterocycles. The summed E-state index contributed by atoms with van der Waals surface area (Å²) >= 11 is 0. The highest BCUT2D eigenvalue weighted by Gasteiger charge is 2.22. The van der Waals surface area contributed by atoms with Crippen molar-refractivity contribution in [3.8, 4) is 5.75 Å². The molecule has 0 fully saturated rings. The molecular formula is C19H18N6O9S. The number of aromatic nitrogens is 2. The molecule has 0 saturated carbocycles. The maximum Gasteiger partial charge on any atom is 0.404 e. The highest BCUT2D eigenvalue weighted by Crippen LogP contribution is 2.32. The number of nitrogen functional groups attached to an aromatic ring is 1. The Labute approximate surface area is 197 Å². The number of nitrogens with zero attached hydrogens (tertiary/aromatic N) is 3. The van der Waals surface area contributed by atoms with E-state index in [1.165, 1.54) is 24.3 Å².